The Kier molecular flexibility index (Phi) is 6.36. The summed E-state index contributed by atoms with van der Waals surface area (Å²) in [5, 5.41) is 22.3. The van der Waals surface area contributed by atoms with Gasteiger partial charge in [-0.15, -0.1) is 11.3 Å². The predicted molar refractivity (Wildman–Crippen MR) is 150 cm³/mol. The zero-order chi connectivity index (χ0) is 28.4. The number of alkyl halides is 1. The average Bonchev–Trinajstić information content (AvgIpc) is 3.66. The second kappa shape index (κ2) is 9.85. The van der Waals surface area contributed by atoms with E-state index < -0.39 is 12.0 Å². The number of anilines is 3. The van der Waals surface area contributed by atoms with Gasteiger partial charge in [-0.05, 0) is 50.6 Å². The van der Waals surface area contributed by atoms with Crippen LogP contribution in [0.25, 0.3) is 0 Å². The maximum Gasteiger partial charge on any atom is 0.320 e. The van der Waals surface area contributed by atoms with Crippen LogP contribution in [0, 0.1) is 28.6 Å². The van der Waals surface area contributed by atoms with E-state index in [-0.39, 0.29) is 41.2 Å². The lowest BCUT2D eigenvalue weighted by Crippen LogP contribution is -2.59. The van der Waals surface area contributed by atoms with Crippen LogP contribution in [0.1, 0.15) is 54.5 Å². The van der Waals surface area contributed by atoms with Crippen molar-refractivity contribution in [3.05, 3.63) is 21.8 Å². The highest BCUT2D eigenvalue weighted by molar-refractivity contribution is 7.16. The molecule has 1 aliphatic carbocycles. The van der Waals surface area contributed by atoms with Crippen LogP contribution in [0.4, 0.5) is 25.4 Å². The molecule has 0 amide bonds. The number of thiophene rings is 1. The van der Waals surface area contributed by atoms with E-state index in [9.17, 15) is 9.65 Å². The van der Waals surface area contributed by atoms with Gasteiger partial charge in [-0.1, -0.05) is 0 Å². The van der Waals surface area contributed by atoms with Crippen molar-refractivity contribution in [2.24, 2.45) is 0 Å². The number of nitrogen functional groups attached to an aromatic ring is 1. The van der Waals surface area contributed by atoms with Crippen LogP contribution in [-0.4, -0.2) is 78.5 Å². The molecule has 0 bridgehead atoms. The lowest BCUT2D eigenvalue weighted by molar-refractivity contribution is 0.107. The normalized spacial score (nSPS) is 28.2. The zero-order valence-electron chi connectivity index (χ0n) is 22.8. The van der Waals surface area contributed by atoms with Gasteiger partial charge in [0.05, 0.1) is 17.1 Å². The highest BCUT2D eigenvalue weighted by atomic mass is 32.1. The van der Waals surface area contributed by atoms with Crippen LogP contribution in [0.5, 0.6) is 6.01 Å². The summed E-state index contributed by atoms with van der Waals surface area (Å²) in [6, 6.07) is 2.27. The number of nitrogens with two attached hydrogens (primary N) is 1. The predicted octanol–water partition coefficient (Wildman–Crippen LogP) is 2.83. The Bertz CT molecular complexity index is 1450. The molecule has 41 heavy (non-hydrogen) atoms. The Hall–Kier alpha value is -3.42. The lowest BCUT2D eigenvalue weighted by Gasteiger charge is -2.49. The number of hydrogen-bond donors (Lipinski definition) is 2. The second-order valence-electron chi connectivity index (χ2n) is 12.3. The molecule has 6 heterocycles. The molecule has 2 aromatic rings. The Morgan fingerprint density at radius 1 is 1.12 bits per heavy atom. The Labute approximate surface area is 241 Å². The van der Waals surface area contributed by atoms with Crippen molar-refractivity contribution in [2.75, 3.05) is 61.4 Å². The summed E-state index contributed by atoms with van der Waals surface area (Å²) in [5.41, 5.74) is 7.10. The topological polar surface area (TPSA) is 130 Å². The van der Waals surface area contributed by atoms with Crippen molar-refractivity contribution >= 4 is 28.0 Å². The molecule has 2 unspecified atom stereocenters. The highest BCUT2D eigenvalue weighted by Crippen LogP contribution is 2.53. The van der Waals surface area contributed by atoms with Crippen molar-refractivity contribution in [2.45, 2.75) is 68.1 Å². The van der Waals surface area contributed by atoms with Crippen LogP contribution in [0.3, 0.4) is 0 Å². The van der Waals surface area contributed by atoms with Crippen molar-refractivity contribution in [1.29, 1.82) is 10.5 Å². The van der Waals surface area contributed by atoms with Gasteiger partial charge < -0.3 is 25.6 Å². The SMILES string of the molecule is N#CNC1CCCN(c2nc(OC[C@@]34CCCN3CC(F)C4)nc(N3CC4(CCc5sc(N)c(C#N)c54)C3)c2F)C1. The summed E-state index contributed by atoms with van der Waals surface area (Å²) in [6.07, 6.45) is 6.74. The number of aryl methyl sites for hydroxylation is 1. The molecule has 3 N–H and O–H groups in total. The molecular formula is C28H33F2N9OS. The lowest BCUT2D eigenvalue weighted by atomic mass is 9.74. The monoisotopic (exact) mass is 581 g/mol. The first kappa shape index (κ1) is 26.5. The van der Waals surface area contributed by atoms with E-state index in [0.717, 1.165) is 55.5 Å². The van der Waals surface area contributed by atoms with Crippen molar-refractivity contribution in [3.8, 4) is 18.3 Å². The van der Waals surface area contributed by atoms with Crippen LogP contribution in [0.15, 0.2) is 0 Å². The van der Waals surface area contributed by atoms with Crippen molar-refractivity contribution in [1.82, 2.24) is 20.2 Å². The fourth-order valence-corrected chi connectivity index (χ4v) is 9.03. The highest BCUT2D eigenvalue weighted by Gasteiger charge is 2.53. The first-order chi connectivity index (χ1) is 19.8. The molecule has 7 rings (SSSR count). The number of hydrogen-bond acceptors (Lipinski definition) is 11. The molecule has 3 atom stereocenters. The number of fused-ring (bicyclic) bond motifs is 3. The Morgan fingerprint density at radius 2 is 1.93 bits per heavy atom. The van der Waals surface area contributed by atoms with Gasteiger partial charge >= 0.3 is 6.01 Å². The first-order valence-corrected chi connectivity index (χ1v) is 15.2. The number of halogens is 2. The number of nitrogens with one attached hydrogen (secondary N) is 1. The third-order valence-corrected chi connectivity index (χ3v) is 10.9. The summed E-state index contributed by atoms with van der Waals surface area (Å²) in [5.74, 6) is -0.175. The quantitative estimate of drug-likeness (QED) is 0.388. The van der Waals surface area contributed by atoms with Crippen LogP contribution < -0.4 is 25.6 Å². The minimum absolute atomic E-state index is 0.0841. The number of nitriles is 2. The Balaban J connectivity index is 1.19. The van der Waals surface area contributed by atoms with Crippen LogP contribution in [0.2, 0.25) is 0 Å². The van der Waals surface area contributed by atoms with Gasteiger partial charge in [0.1, 0.15) is 23.8 Å². The number of ether oxygens (including phenoxy) is 1. The Morgan fingerprint density at radius 3 is 2.71 bits per heavy atom. The maximum absolute atomic E-state index is 16.3. The molecular weight excluding hydrogens is 548 g/mol. The number of aromatic nitrogens is 2. The van der Waals surface area contributed by atoms with E-state index >= 15 is 4.39 Å². The molecule has 4 aliphatic heterocycles. The van der Waals surface area contributed by atoms with Gasteiger partial charge in [0, 0.05) is 49.4 Å². The standard InChI is InChI=1S/C28H33F2N9OS/c29-17-9-28(5-2-8-39(28)11-17)15-40-26-35-24(37-7-1-3-18(12-37)34-16-32)22(30)25(36-26)38-13-27(14-38)6-4-20-21(27)19(10-31)23(33)41-20/h17-18,34H,1-9,11-15,33H2/t17?,18?,28-/m0/s1. The summed E-state index contributed by atoms with van der Waals surface area (Å²) >= 11 is 1.48. The van der Waals surface area contributed by atoms with Gasteiger partial charge in [-0.3, -0.25) is 4.90 Å². The smallest absolute Gasteiger partial charge is 0.320 e. The fourth-order valence-electron chi connectivity index (χ4n) is 7.89. The minimum Gasteiger partial charge on any atom is -0.461 e. The molecule has 10 nitrogen and oxygen atoms in total. The average molecular weight is 582 g/mol. The van der Waals surface area contributed by atoms with E-state index in [2.05, 4.69) is 26.3 Å². The van der Waals surface area contributed by atoms with E-state index in [0.29, 0.717) is 49.7 Å². The minimum atomic E-state index is -0.880. The number of rotatable bonds is 6. The van der Waals surface area contributed by atoms with Crippen LogP contribution >= 0.6 is 11.3 Å². The van der Waals surface area contributed by atoms with Crippen molar-refractivity contribution < 1.29 is 13.5 Å². The molecule has 0 aromatic carbocycles. The summed E-state index contributed by atoms with van der Waals surface area (Å²) in [4.78, 5) is 16.2. The molecule has 0 saturated carbocycles. The van der Waals surface area contributed by atoms with E-state index in [1.165, 1.54) is 11.3 Å². The van der Waals surface area contributed by atoms with Gasteiger partial charge in [-0.25, -0.2) is 4.39 Å². The molecule has 5 aliphatic rings. The van der Waals surface area contributed by atoms with E-state index in [4.69, 9.17) is 15.7 Å². The fraction of sp³-hybridized carbons (Fsp3) is 0.643. The van der Waals surface area contributed by atoms with Gasteiger partial charge in [-0.2, -0.15) is 24.9 Å². The van der Waals surface area contributed by atoms with Gasteiger partial charge in [0.15, 0.2) is 17.8 Å². The second-order valence-corrected chi connectivity index (χ2v) is 13.4. The summed E-state index contributed by atoms with van der Waals surface area (Å²) in [7, 11) is 0. The van der Waals surface area contributed by atoms with Crippen LogP contribution in [-0.2, 0) is 11.8 Å². The molecule has 4 fully saturated rings. The number of nitrogens with zero attached hydrogens (tertiary/aromatic N) is 7. The largest absolute Gasteiger partial charge is 0.461 e. The molecule has 0 radical (unpaired) electrons. The third kappa shape index (κ3) is 4.24. The molecule has 13 heteroatoms. The molecule has 216 valence electrons. The third-order valence-electron chi connectivity index (χ3n) is 9.78. The van der Waals surface area contributed by atoms with E-state index in [1.54, 1.807) is 0 Å². The van der Waals surface area contributed by atoms with Gasteiger partial charge in [0.2, 0.25) is 5.82 Å². The maximum atomic E-state index is 16.3. The summed E-state index contributed by atoms with van der Waals surface area (Å²) < 4.78 is 36.8. The first-order valence-electron chi connectivity index (χ1n) is 14.4. The zero-order valence-corrected chi connectivity index (χ0v) is 23.7. The molecule has 1 spiro atoms. The number of piperidine rings is 1. The van der Waals surface area contributed by atoms with Crippen molar-refractivity contribution in [3.63, 3.8) is 0 Å². The van der Waals surface area contributed by atoms with Gasteiger partial charge in [0.25, 0.3) is 0 Å². The van der Waals surface area contributed by atoms with E-state index in [1.807, 2.05) is 16.0 Å². The summed E-state index contributed by atoms with van der Waals surface area (Å²) in [6.45, 7) is 3.61. The molecule has 2 aromatic heterocycles. The molecule has 4 saturated heterocycles.